The Balaban J connectivity index is 1.39. The normalized spacial score (nSPS) is 15.5. The highest BCUT2D eigenvalue weighted by Crippen LogP contribution is 2.32. The van der Waals surface area contributed by atoms with E-state index in [9.17, 15) is 9.59 Å². The maximum atomic E-state index is 12.4. The van der Waals surface area contributed by atoms with Gasteiger partial charge in [-0.25, -0.2) is 15.2 Å². The maximum absolute atomic E-state index is 12.4. The number of aryl methyl sites for hydroxylation is 1. The highest BCUT2D eigenvalue weighted by atomic mass is 16.2. The molecule has 1 aromatic heterocycles. The monoisotopic (exact) mass is 402 g/mol. The quantitative estimate of drug-likeness (QED) is 0.569. The van der Waals surface area contributed by atoms with Crippen LogP contribution in [0.4, 0.5) is 4.79 Å². The Morgan fingerprint density at radius 3 is 2.70 bits per heavy atom. The van der Waals surface area contributed by atoms with Crippen molar-refractivity contribution >= 4 is 22.8 Å². The summed E-state index contributed by atoms with van der Waals surface area (Å²) in [5.41, 5.74) is 9.59. The van der Waals surface area contributed by atoms with Crippen molar-refractivity contribution in [3.63, 3.8) is 0 Å². The Morgan fingerprint density at radius 1 is 1.03 bits per heavy atom. The molecule has 3 amide bonds. The summed E-state index contributed by atoms with van der Waals surface area (Å²) >= 11 is 0. The Morgan fingerprint density at radius 2 is 1.87 bits per heavy atom. The van der Waals surface area contributed by atoms with Crippen LogP contribution < -0.4 is 16.2 Å². The van der Waals surface area contributed by atoms with Crippen LogP contribution in [0.2, 0.25) is 0 Å². The molecule has 0 unspecified atom stereocenters. The minimum Gasteiger partial charge on any atom is -0.330 e. The van der Waals surface area contributed by atoms with Gasteiger partial charge in [0.1, 0.15) is 5.69 Å². The van der Waals surface area contributed by atoms with Gasteiger partial charge in [0.2, 0.25) is 0 Å². The van der Waals surface area contributed by atoms with Crippen LogP contribution in [-0.2, 0) is 6.42 Å². The molecule has 1 atom stereocenters. The topological polar surface area (TPSA) is 83.1 Å². The molecular weight excluding hydrogens is 376 g/mol. The van der Waals surface area contributed by atoms with Crippen molar-refractivity contribution in [1.29, 1.82) is 0 Å². The lowest BCUT2D eigenvalue weighted by molar-refractivity contribution is 0.0931. The molecule has 0 saturated heterocycles. The molecule has 0 spiro atoms. The van der Waals surface area contributed by atoms with Gasteiger partial charge in [-0.3, -0.25) is 10.2 Å². The van der Waals surface area contributed by atoms with Gasteiger partial charge in [0.05, 0.1) is 11.6 Å². The molecule has 1 aliphatic carbocycles. The smallest absolute Gasteiger partial charge is 0.330 e. The van der Waals surface area contributed by atoms with Gasteiger partial charge in [0.15, 0.2) is 0 Å². The lowest BCUT2D eigenvalue weighted by atomic mass is 9.85. The predicted molar refractivity (Wildman–Crippen MR) is 117 cm³/mol. The third kappa shape index (κ3) is 4.27. The number of nitrogens with one attached hydrogen (secondary N) is 3. The van der Waals surface area contributed by atoms with Crippen LogP contribution in [0.5, 0.6) is 0 Å². The number of pyridine rings is 1. The fraction of sp³-hybridized carbons (Fsp3) is 0.292. The average Bonchev–Trinajstić information content (AvgIpc) is 2.77. The highest BCUT2D eigenvalue weighted by Gasteiger charge is 2.23. The number of nitrogens with zero attached hydrogens (tertiary/aromatic N) is 1. The van der Waals surface area contributed by atoms with E-state index in [-0.39, 0.29) is 11.7 Å². The highest BCUT2D eigenvalue weighted by molar-refractivity contribution is 5.95. The fourth-order valence-corrected chi connectivity index (χ4v) is 3.89. The molecule has 0 radical (unpaired) electrons. The molecule has 1 aliphatic rings. The number of urea groups is 1. The van der Waals surface area contributed by atoms with Crippen molar-refractivity contribution in [2.24, 2.45) is 0 Å². The minimum absolute atomic E-state index is 0.0665. The second kappa shape index (κ2) is 8.53. The first-order chi connectivity index (χ1) is 14.5. The SMILES string of the molecule is CC(C)c1ccc2c(c1)[C@H](NC(=O)NNC(=O)c1ccc3ccccc3n1)CCC2. The van der Waals surface area contributed by atoms with Gasteiger partial charge in [-0.2, -0.15) is 0 Å². The van der Waals surface area contributed by atoms with Crippen LogP contribution >= 0.6 is 0 Å². The molecule has 0 fully saturated rings. The van der Waals surface area contributed by atoms with Gasteiger partial charge < -0.3 is 5.32 Å². The summed E-state index contributed by atoms with van der Waals surface area (Å²) in [6, 6.07) is 17.1. The third-order valence-electron chi connectivity index (χ3n) is 5.58. The molecule has 0 aliphatic heterocycles. The zero-order valence-electron chi connectivity index (χ0n) is 17.2. The standard InChI is InChI=1S/C24H26N4O2/c1-15(2)18-11-10-16-7-5-9-21(19(16)14-18)26-24(30)28-27-23(29)22-13-12-17-6-3-4-8-20(17)25-22/h3-4,6,8,10-15,21H,5,7,9H2,1-2H3,(H,27,29)(H2,26,28,30)/t21-/m1/s1. The molecule has 30 heavy (non-hydrogen) atoms. The fourth-order valence-electron chi connectivity index (χ4n) is 3.89. The van der Waals surface area contributed by atoms with Crippen molar-refractivity contribution in [2.45, 2.75) is 45.1 Å². The molecule has 154 valence electrons. The number of rotatable bonds is 3. The van der Waals surface area contributed by atoms with Crippen molar-refractivity contribution in [1.82, 2.24) is 21.2 Å². The number of carbonyl (C=O) groups excluding carboxylic acids is 2. The average molecular weight is 402 g/mol. The molecule has 6 nitrogen and oxygen atoms in total. The number of fused-ring (bicyclic) bond motifs is 2. The molecule has 0 bridgehead atoms. The second-order valence-corrected chi connectivity index (χ2v) is 8.00. The van der Waals surface area contributed by atoms with Gasteiger partial charge in [0.25, 0.3) is 5.91 Å². The maximum Gasteiger partial charge on any atom is 0.333 e. The number of para-hydroxylation sites is 1. The number of hydrogen-bond acceptors (Lipinski definition) is 3. The third-order valence-corrected chi connectivity index (χ3v) is 5.58. The Kier molecular flexibility index (Phi) is 5.65. The van der Waals surface area contributed by atoms with E-state index in [2.05, 4.69) is 53.2 Å². The summed E-state index contributed by atoms with van der Waals surface area (Å²) in [4.78, 5) is 29.2. The van der Waals surface area contributed by atoms with Crippen LogP contribution in [0, 0.1) is 0 Å². The van der Waals surface area contributed by atoms with Gasteiger partial charge in [-0.1, -0.05) is 56.3 Å². The Hall–Kier alpha value is -3.41. The first kappa shape index (κ1) is 19.9. The van der Waals surface area contributed by atoms with Crippen LogP contribution in [0.1, 0.15) is 65.8 Å². The number of carbonyl (C=O) groups is 2. The number of amides is 3. The van der Waals surface area contributed by atoms with E-state index in [0.717, 1.165) is 30.2 Å². The lowest BCUT2D eigenvalue weighted by Gasteiger charge is -2.27. The summed E-state index contributed by atoms with van der Waals surface area (Å²) < 4.78 is 0. The Labute approximate surface area is 176 Å². The summed E-state index contributed by atoms with van der Waals surface area (Å²) in [6.07, 6.45) is 2.92. The molecular formula is C24H26N4O2. The van der Waals surface area contributed by atoms with Crippen LogP contribution in [-0.4, -0.2) is 16.9 Å². The first-order valence-electron chi connectivity index (χ1n) is 10.4. The predicted octanol–water partition coefficient (Wildman–Crippen LogP) is 4.38. The van der Waals surface area contributed by atoms with E-state index in [1.54, 1.807) is 6.07 Å². The molecule has 2 aromatic carbocycles. The Bertz CT molecular complexity index is 1090. The molecule has 4 rings (SSSR count). The number of aromatic nitrogens is 1. The van der Waals surface area contributed by atoms with Crippen molar-refractivity contribution < 1.29 is 9.59 Å². The van der Waals surface area contributed by atoms with Gasteiger partial charge in [0, 0.05) is 5.39 Å². The van der Waals surface area contributed by atoms with Gasteiger partial charge >= 0.3 is 6.03 Å². The zero-order valence-corrected chi connectivity index (χ0v) is 17.2. The van der Waals surface area contributed by atoms with Gasteiger partial charge in [-0.15, -0.1) is 0 Å². The van der Waals surface area contributed by atoms with Gasteiger partial charge in [-0.05, 0) is 54.0 Å². The first-order valence-corrected chi connectivity index (χ1v) is 10.4. The number of hydrazine groups is 1. The summed E-state index contributed by atoms with van der Waals surface area (Å²) in [7, 11) is 0. The summed E-state index contributed by atoms with van der Waals surface area (Å²) in [6.45, 7) is 4.33. The van der Waals surface area contributed by atoms with E-state index in [1.807, 2.05) is 30.3 Å². The summed E-state index contributed by atoms with van der Waals surface area (Å²) in [5.74, 6) is -0.0255. The van der Waals surface area contributed by atoms with Crippen molar-refractivity contribution in [3.8, 4) is 0 Å². The van der Waals surface area contributed by atoms with Crippen LogP contribution in [0.15, 0.2) is 54.6 Å². The van der Waals surface area contributed by atoms with E-state index in [1.165, 1.54) is 16.7 Å². The molecule has 3 N–H and O–H groups in total. The van der Waals surface area contributed by atoms with Crippen LogP contribution in [0.3, 0.4) is 0 Å². The van der Waals surface area contributed by atoms with Crippen molar-refractivity contribution in [3.05, 3.63) is 77.0 Å². The molecule has 3 aromatic rings. The van der Waals surface area contributed by atoms with E-state index in [4.69, 9.17) is 0 Å². The lowest BCUT2D eigenvalue weighted by Crippen LogP contribution is -2.48. The summed E-state index contributed by atoms with van der Waals surface area (Å²) in [5, 5.41) is 3.95. The number of benzene rings is 2. The van der Waals surface area contributed by atoms with Crippen LogP contribution in [0.25, 0.3) is 10.9 Å². The van der Waals surface area contributed by atoms with E-state index in [0.29, 0.717) is 5.92 Å². The second-order valence-electron chi connectivity index (χ2n) is 8.00. The number of hydrogen-bond donors (Lipinski definition) is 3. The van der Waals surface area contributed by atoms with E-state index >= 15 is 0 Å². The zero-order chi connectivity index (χ0) is 21.1. The molecule has 0 saturated carbocycles. The van der Waals surface area contributed by atoms with E-state index < -0.39 is 11.9 Å². The minimum atomic E-state index is -0.456. The molecule has 1 heterocycles. The van der Waals surface area contributed by atoms with Crippen molar-refractivity contribution in [2.75, 3.05) is 0 Å². The largest absolute Gasteiger partial charge is 0.333 e. The molecule has 6 heteroatoms.